The molecule has 0 spiro atoms. The molecule has 2 aromatic carbocycles. The maximum Gasteiger partial charge on any atom is 0.408 e. The van der Waals surface area contributed by atoms with E-state index in [2.05, 4.69) is 16.0 Å². The molecule has 0 radical (unpaired) electrons. The molecular weight excluding hydrogens is 740 g/mol. The first-order valence-corrected chi connectivity index (χ1v) is 17.0. The van der Waals surface area contributed by atoms with Crippen molar-refractivity contribution in [3.05, 3.63) is 70.3 Å². The molecule has 1 aliphatic heterocycles. The van der Waals surface area contributed by atoms with E-state index in [-0.39, 0.29) is 13.8 Å². The van der Waals surface area contributed by atoms with Crippen LogP contribution in [0.3, 0.4) is 0 Å². The Morgan fingerprint density at radius 1 is 0.818 bits per heavy atom. The Morgan fingerprint density at radius 2 is 1.31 bits per heavy atom. The number of carbonyl (C=O) groups excluding carboxylic acids is 5. The van der Waals surface area contributed by atoms with Gasteiger partial charge >= 0.3 is 18.2 Å². The smallest absolute Gasteiger partial charge is 0.408 e. The molecule has 55 heavy (non-hydrogen) atoms. The van der Waals surface area contributed by atoms with Crippen LogP contribution in [0.4, 0.5) is 35.9 Å². The summed E-state index contributed by atoms with van der Waals surface area (Å²) in [5.74, 6) is -11.9. The second-order valence-electron chi connectivity index (χ2n) is 14.9. The topological polar surface area (TPSA) is 149 Å². The van der Waals surface area contributed by atoms with Crippen LogP contribution in [0.15, 0.2) is 24.3 Å². The van der Waals surface area contributed by atoms with E-state index in [0.29, 0.717) is 18.2 Å². The van der Waals surface area contributed by atoms with Crippen LogP contribution in [-0.4, -0.2) is 65.3 Å². The summed E-state index contributed by atoms with van der Waals surface area (Å²) in [6.45, 7) is 15.5. The summed E-state index contributed by atoms with van der Waals surface area (Å²) < 4.78 is 98.9. The second kappa shape index (κ2) is 19.7. The van der Waals surface area contributed by atoms with E-state index in [9.17, 15) is 50.3 Å². The first-order valence-electron chi connectivity index (χ1n) is 17.0. The van der Waals surface area contributed by atoms with Crippen molar-refractivity contribution >= 4 is 29.8 Å². The van der Waals surface area contributed by atoms with Crippen molar-refractivity contribution in [1.29, 1.82) is 0 Å². The number of ketones is 1. The lowest BCUT2D eigenvalue weighted by molar-refractivity contribution is -0.150. The third kappa shape index (κ3) is 14.4. The number of esters is 1. The van der Waals surface area contributed by atoms with Crippen LogP contribution in [0.2, 0.25) is 0 Å². The summed E-state index contributed by atoms with van der Waals surface area (Å²) in [4.78, 5) is 60.6. The van der Waals surface area contributed by atoms with Crippen molar-refractivity contribution in [2.45, 2.75) is 137 Å². The highest BCUT2D eigenvalue weighted by Gasteiger charge is 2.39. The summed E-state index contributed by atoms with van der Waals surface area (Å²) >= 11 is 0. The third-order valence-corrected chi connectivity index (χ3v) is 7.64. The highest BCUT2D eigenvalue weighted by molar-refractivity contribution is 5.87. The number of benzene rings is 2. The van der Waals surface area contributed by atoms with E-state index >= 15 is 0 Å². The number of Topliss-reactive ketones (excluding diaryl/α,β-unsaturated/α-hetero) is 1. The number of amides is 3. The van der Waals surface area contributed by atoms with Crippen LogP contribution in [0, 0.1) is 34.9 Å². The van der Waals surface area contributed by atoms with Crippen molar-refractivity contribution in [2.75, 3.05) is 0 Å². The number of alkyl carbamates (subject to hydrolysis) is 2. The van der Waals surface area contributed by atoms with Gasteiger partial charge in [0, 0.05) is 23.1 Å². The van der Waals surface area contributed by atoms with Crippen LogP contribution in [-0.2, 0) is 28.6 Å². The number of carbonyl (C=O) groups is 5. The summed E-state index contributed by atoms with van der Waals surface area (Å²) in [5, 5.41) is 7.20. The summed E-state index contributed by atoms with van der Waals surface area (Å²) in [6.07, 6.45) is -2.98. The molecule has 0 saturated carbocycles. The van der Waals surface area contributed by atoms with Crippen molar-refractivity contribution in [2.24, 2.45) is 0 Å². The van der Waals surface area contributed by atoms with Gasteiger partial charge in [-0.2, -0.15) is 0 Å². The van der Waals surface area contributed by atoms with Gasteiger partial charge < -0.3 is 30.2 Å². The van der Waals surface area contributed by atoms with Crippen molar-refractivity contribution in [3.8, 4) is 0 Å². The van der Waals surface area contributed by atoms with Gasteiger partial charge in [-0.15, -0.1) is 0 Å². The number of hydrogen-bond acceptors (Lipinski definition) is 8. The van der Waals surface area contributed by atoms with Crippen LogP contribution in [0.25, 0.3) is 0 Å². The normalized spacial score (nSPS) is 18.0. The minimum Gasteiger partial charge on any atom is -0.461 e. The van der Waals surface area contributed by atoms with Gasteiger partial charge in [0.05, 0.1) is 12.0 Å². The molecule has 1 saturated heterocycles. The fourth-order valence-corrected chi connectivity index (χ4v) is 5.38. The molecule has 308 valence electrons. The molecule has 3 rings (SSSR count). The van der Waals surface area contributed by atoms with Crippen LogP contribution < -0.4 is 16.0 Å². The number of ether oxygens (including phenoxy) is 3. The maximum atomic E-state index is 14.2. The molecule has 0 aliphatic carbocycles. The second-order valence-corrected chi connectivity index (χ2v) is 14.9. The van der Waals surface area contributed by atoms with Crippen molar-refractivity contribution < 1.29 is 64.5 Å². The average Bonchev–Trinajstić information content (AvgIpc) is 3.00. The van der Waals surface area contributed by atoms with E-state index in [1.807, 2.05) is 0 Å². The number of nitrogens with one attached hydrogen (secondary N) is 3. The molecule has 3 unspecified atom stereocenters. The van der Waals surface area contributed by atoms with E-state index in [0.717, 1.165) is 13.0 Å². The van der Waals surface area contributed by atoms with Gasteiger partial charge in [0.25, 0.3) is 0 Å². The van der Waals surface area contributed by atoms with Gasteiger partial charge in [-0.1, -0.05) is 7.43 Å². The largest absolute Gasteiger partial charge is 0.461 e. The Kier molecular flexibility index (Phi) is 17.2. The zero-order chi connectivity index (χ0) is 41.5. The molecular formula is C38H51F6N3O8. The fourth-order valence-electron chi connectivity index (χ4n) is 5.38. The van der Waals surface area contributed by atoms with Crippen LogP contribution in [0.5, 0.6) is 0 Å². The lowest BCUT2D eigenvalue weighted by atomic mass is 9.82. The minimum absolute atomic E-state index is 0. The summed E-state index contributed by atoms with van der Waals surface area (Å²) in [7, 11) is 0. The lowest BCUT2D eigenvalue weighted by Gasteiger charge is -2.35. The highest BCUT2D eigenvalue weighted by Crippen LogP contribution is 2.34. The fraction of sp³-hybridized carbons (Fsp3) is 0.553. The Labute approximate surface area is 317 Å². The third-order valence-electron chi connectivity index (χ3n) is 7.64. The molecule has 3 amide bonds. The molecule has 1 fully saturated rings. The van der Waals surface area contributed by atoms with Gasteiger partial charge in [0.2, 0.25) is 5.91 Å². The van der Waals surface area contributed by atoms with Gasteiger partial charge in [0.1, 0.15) is 40.7 Å². The van der Waals surface area contributed by atoms with E-state index in [1.165, 1.54) is 0 Å². The molecule has 17 heteroatoms. The molecule has 3 N–H and O–H groups in total. The van der Waals surface area contributed by atoms with Gasteiger partial charge in [0.15, 0.2) is 23.3 Å². The number of rotatable bonds is 9. The molecule has 0 bridgehead atoms. The Morgan fingerprint density at radius 3 is 1.82 bits per heavy atom. The van der Waals surface area contributed by atoms with Gasteiger partial charge in [-0.05, 0) is 106 Å². The highest BCUT2D eigenvalue weighted by atomic mass is 19.2. The quantitative estimate of drug-likeness (QED) is 0.102. The maximum absolute atomic E-state index is 14.2. The molecule has 1 aliphatic rings. The summed E-state index contributed by atoms with van der Waals surface area (Å²) in [5.41, 5.74) is -2.89. The van der Waals surface area contributed by atoms with E-state index < -0.39 is 130 Å². The van der Waals surface area contributed by atoms with Gasteiger partial charge in [-0.25, -0.2) is 40.7 Å². The van der Waals surface area contributed by atoms with Crippen LogP contribution in [0.1, 0.15) is 112 Å². The van der Waals surface area contributed by atoms with Crippen molar-refractivity contribution in [1.82, 2.24) is 16.0 Å². The zero-order valence-electron chi connectivity index (χ0n) is 31.7. The molecule has 1 heterocycles. The zero-order valence-corrected chi connectivity index (χ0v) is 31.7. The molecule has 5 atom stereocenters. The Balaban J connectivity index is 0.000000545. The van der Waals surface area contributed by atoms with Crippen LogP contribution >= 0.6 is 0 Å². The Hall–Kier alpha value is -4.83. The SMILES string of the molecule is C.CC(=O)C(CC(NC(=O)OC(C)(C)C)C(=O)OC(C)C)c1c(F)ccc(F)c1F.C[C@H]1NC(=O)C(NC(=O)OC(C)(C)C)C[C@H]1c1c(F)ccc(F)c1F. The monoisotopic (exact) mass is 791 g/mol. The standard InChI is InChI=1S/C20H26F3NO5.C17H21F3N2O3.CH4/c1-10(2)28-18(26)15(24-19(27)29-20(4,5)6)9-12(11(3)25)16-13(21)7-8-14(22)17(16)23;1-8-9(13-10(18)5-6-11(19)14(13)20)7-12(15(23)21-8)22-16(24)25-17(2,3)4;/h7-8,10,12,15H,9H2,1-6H3,(H,24,27);5-6,8-9,12H,7H2,1-4H3,(H,21,23)(H,22,24);1H4/t;8-,9-,12?;/m.1./s1. The summed E-state index contributed by atoms with van der Waals surface area (Å²) in [6, 6.07) is -0.304. The lowest BCUT2D eigenvalue weighted by Crippen LogP contribution is -2.56. The molecule has 11 nitrogen and oxygen atoms in total. The number of hydrogen-bond donors (Lipinski definition) is 3. The molecule has 0 aromatic heterocycles. The van der Waals surface area contributed by atoms with E-state index in [1.54, 1.807) is 62.3 Å². The van der Waals surface area contributed by atoms with E-state index in [4.69, 9.17) is 14.2 Å². The van der Waals surface area contributed by atoms with Crippen molar-refractivity contribution in [3.63, 3.8) is 0 Å². The Bertz CT molecular complexity index is 1710. The number of piperidine rings is 1. The number of halogens is 6. The first-order chi connectivity index (χ1) is 24.7. The predicted molar refractivity (Wildman–Crippen MR) is 190 cm³/mol. The predicted octanol–water partition coefficient (Wildman–Crippen LogP) is 7.64. The average molecular weight is 792 g/mol. The first kappa shape index (κ1) is 48.2. The minimum atomic E-state index is -1.54. The molecule has 2 aromatic rings. The van der Waals surface area contributed by atoms with Gasteiger partial charge in [-0.3, -0.25) is 9.59 Å².